The molecule has 0 aliphatic heterocycles. The zero-order valence-electron chi connectivity index (χ0n) is 11.5. The predicted octanol–water partition coefficient (Wildman–Crippen LogP) is 3.53. The van der Waals surface area contributed by atoms with Gasteiger partial charge in [0.1, 0.15) is 5.52 Å². The van der Waals surface area contributed by atoms with E-state index in [0.717, 1.165) is 16.7 Å². The second-order valence-electron chi connectivity index (χ2n) is 4.63. The van der Waals surface area contributed by atoms with Crippen molar-refractivity contribution in [3.8, 4) is 0 Å². The number of aromatic nitrogens is 3. The topological polar surface area (TPSA) is 43.1 Å². The third-order valence-corrected chi connectivity index (χ3v) is 2.92. The summed E-state index contributed by atoms with van der Waals surface area (Å²) in [5.74, 6) is 0.480. The van der Waals surface area contributed by atoms with Gasteiger partial charge in [-0.05, 0) is 37.1 Å². The van der Waals surface area contributed by atoms with Gasteiger partial charge in [0.05, 0.1) is 5.52 Å². The van der Waals surface area contributed by atoms with Crippen LogP contribution in [-0.4, -0.2) is 20.7 Å². The Labute approximate surface area is 113 Å². The van der Waals surface area contributed by atoms with Gasteiger partial charge in [-0.15, -0.1) is 5.10 Å². The van der Waals surface area contributed by atoms with Crippen molar-refractivity contribution in [1.29, 1.82) is 0 Å². The fourth-order valence-corrected chi connectivity index (χ4v) is 1.49. The van der Waals surface area contributed by atoms with Gasteiger partial charge in [-0.3, -0.25) is 4.99 Å². The quantitative estimate of drug-likeness (QED) is 0.618. The molecule has 2 rings (SSSR count). The number of nitrogens with zero attached hydrogens (tertiary/aromatic N) is 4. The summed E-state index contributed by atoms with van der Waals surface area (Å²) in [4.78, 5) is 4.34. The summed E-state index contributed by atoms with van der Waals surface area (Å²) in [6, 6.07) is 7.86. The van der Waals surface area contributed by atoms with Crippen LogP contribution in [0.5, 0.6) is 0 Å². The fourth-order valence-electron chi connectivity index (χ4n) is 1.49. The molecule has 1 aromatic heterocycles. The molecule has 0 N–H and O–H groups in total. The highest BCUT2D eigenvalue weighted by Gasteiger charge is 1.98. The van der Waals surface area contributed by atoms with E-state index in [0.29, 0.717) is 5.92 Å². The molecule has 0 radical (unpaired) electrons. The molecule has 19 heavy (non-hydrogen) atoms. The van der Waals surface area contributed by atoms with Crippen molar-refractivity contribution in [3.63, 3.8) is 0 Å². The van der Waals surface area contributed by atoms with Crippen LogP contribution in [0, 0.1) is 5.92 Å². The average Bonchev–Trinajstić information content (AvgIpc) is 2.81. The van der Waals surface area contributed by atoms with Gasteiger partial charge in [0.2, 0.25) is 0 Å². The Bertz CT molecular complexity index is 632. The number of rotatable bonds is 4. The molecule has 0 atom stereocenters. The minimum absolute atomic E-state index is 0.480. The van der Waals surface area contributed by atoms with Crippen molar-refractivity contribution in [1.82, 2.24) is 15.0 Å². The Kier molecular flexibility index (Phi) is 4.23. The summed E-state index contributed by atoms with van der Waals surface area (Å²) in [7, 11) is 0. The third kappa shape index (κ3) is 3.37. The number of aliphatic imine (C=N–C) groups is 1. The van der Waals surface area contributed by atoms with Crippen LogP contribution in [0.25, 0.3) is 17.2 Å². The largest absolute Gasteiger partial charge is 0.266 e. The van der Waals surface area contributed by atoms with Crippen LogP contribution in [0.15, 0.2) is 47.6 Å². The van der Waals surface area contributed by atoms with E-state index < -0.39 is 0 Å². The SMILES string of the molecule is C\C(=N/C=C\C=C/n1nnc2ccccc21)C(C)C. The lowest BCUT2D eigenvalue weighted by Gasteiger charge is -1.99. The Morgan fingerprint density at radius 2 is 2.05 bits per heavy atom. The summed E-state index contributed by atoms with van der Waals surface area (Å²) in [6.45, 7) is 6.29. The average molecular weight is 254 g/mol. The summed E-state index contributed by atoms with van der Waals surface area (Å²) in [5.41, 5.74) is 3.01. The lowest BCUT2D eigenvalue weighted by Crippen LogP contribution is -1.99. The molecule has 0 aliphatic carbocycles. The van der Waals surface area contributed by atoms with Crippen LogP contribution < -0.4 is 0 Å². The van der Waals surface area contributed by atoms with Crippen molar-refractivity contribution in [2.75, 3.05) is 0 Å². The number of para-hydroxylation sites is 1. The molecule has 4 heteroatoms. The highest BCUT2D eigenvalue weighted by atomic mass is 15.4. The zero-order chi connectivity index (χ0) is 13.7. The molecule has 4 nitrogen and oxygen atoms in total. The second kappa shape index (κ2) is 6.09. The van der Waals surface area contributed by atoms with E-state index in [4.69, 9.17) is 0 Å². The maximum atomic E-state index is 4.34. The molecule has 0 fully saturated rings. The first-order valence-corrected chi connectivity index (χ1v) is 6.36. The molecule has 2 aromatic rings. The van der Waals surface area contributed by atoms with E-state index in [1.165, 1.54) is 0 Å². The van der Waals surface area contributed by atoms with Crippen molar-refractivity contribution >= 4 is 22.9 Å². The molecule has 1 aromatic carbocycles. The third-order valence-electron chi connectivity index (χ3n) is 2.92. The van der Waals surface area contributed by atoms with Crippen molar-refractivity contribution in [3.05, 3.63) is 42.6 Å². The van der Waals surface area contributed by atoms with Crippen LogP contribution in [0.4, 0.5) is 0 Å². The van der Waals surface area contributed by atoms with Gasteiger partial charge >= 0.3 is 0 Å². The molecule has 0 spiro atoms. The summed E-state index contributed by atoms with van der Waals surface area (Å²) < 4.78 is 1.75. The standard InChI is InChI=1S/C15H18N4/c1-12(2)13(3)16-10-6-7-11-19-15-9-5-4-8-14(15)17-18-19/h4-12H,1-3H3/b10-6-,11-7-,16-13+. The molecular formula is C15H18N4. The Balaban J connectivity index is 2.07. The van der Waals surface area contributed by atoms with Gasteiger partial charge in [-0.1, -0.05) is 31.2 Å². The van der Waals surface area contributed by atoms with Gasteiger partial charge in [-0.2, -0.15) is 0 Å². The van der Waals surface area contributed by atoms with E-state index in [-0.39, 0.29) is 0 Å². The second-order valence-corrected chi connectivity index (χ2v) is 4.63. The highest BCUT2D eigenvalue weighted by molar-refractivity contribution is 5.84. The summed E-state index contributed by atoms with van der Waals surface area (Å²) >= 11 is 0. The molecule has 0 bridgehead atoms. The molecule has 0 saturated heterocycles. The van der Waals surface area contributed by atoms with Crippen LogP contribution in [-0.2, 0) is 0 Å². The molecule has 98 valence electrons. The Morgan fingerprint density at radius 1 is 1.26 bits per heavy atom. The van der Waals surface area contributed by atoms with E-state index in [1.54, 1.807) is 10.9 Å². The molecule has 1 heterocycles. The molecule has 0 unspecified atom stereocenters. The first kappa shape index (κ1) is 13.2. The highest BCUT2D eigenvalue weighted by Crippen LogP contribution is 2.09. The van der Waals surface area contributed by atoms with Gasteiger partial charge < -0.3 is 0 Å². The van der Waals surface area contributed by atoms with E-state index >= 15 is 0 Å². The smallest absolute Gasteiger partial charge is 0.113 e. The van der Waals surface area contributed by atoms with Crippen LogP contribution in [0.2, 0.25) is 0 Å². The number of fused-ring (bicyclic) bond motifs is 1. The fraction of sp³-hybridized carbons (Fsp3) is 0.267. The maximum Gasteiger partial charge on any atom is 0.113 e. The Hall–Kier alpha value is -2.23. The minimum atomic E-state index is 0.480. The summed E-state index contributed by atoms with van der Waals surface area (Å²) in [5, 5.41) is 8.15. The molecule has 0 aliphatic rings. The normalized spacial score (nSPS) is 13.4. The van der Waals surface area contributed by atoms with Crippen molar-refractivity contribution in [2.24, 2.45) is 10.9 Å². The van der Waals surface area contributed by atoms with Crippen LogP contribution in [0.3, 0.4) is 0 Å². The predicted molar refractivity (Wildman–Crippen MR) is 79.9 cm³/mol. The first-order valence-electron chi connectivity index (χ1n) is 6.36. The van der Waals surface area contributed by atoms with Gasteiger partial charge in [0.25, 0.3) is 0 Å². The van der Waals surface area contributed by atoms with Crippen LogP contribution in [0.1, 0.15) is 20.8 Å². The molecular weight excluding hydrogens is 236 g/mol. The first-order chi connectivity index (χ1) is 9.18. The minimum Gasteiger partial charge on any atom is -0.266 e. The lowest BCUT2D eigenvalue weighted by atomic mass is 10.1. The number of benzene rings is 1. The lowest BCUT2D eigenvalue weighted by molar-refractivity contribution is 0.861. The van der Waals surface area contributed by atoms with E-state index in [2.05, 4.69) is 29.2 Å². The number of allylic oxidation sites excluding steroid dienone is 2. The van der Waals surface area contributed by atoms with Crippen molar-refractivity contribution < 1.29 is 0 Å². The van der Waals surface area contributed by atoms with Gasteiger partial charge in [-0.25, -0.2) is 4.68 Å². The van der Waals surface area contributed by atoms with Crippen LogP contribution >= 0.6 is 0 Å². The Morgan fingerprint density at radius 3 is 2.84 bits per heavy atom. The van der Waals surface area contributed by atoms with Gasteiger partial charge in [0, 0.05) is 18.1 Å². The van der Waals surface area contributed by atoms with Crippen molar-refractivity contribution in [2.45, 2.75) is 20.8 Å². The van der Waals surface area contributed by atoms with E-state index in [1.807, 2.05) is 49.5 Å². The summed E-state index contributed by atoms with van der Waals surface area (Å²) in [6.07, 6.45) is 7.46. The number of hydrogen-bond donors (Lipinski definition) is 0. The molecule has 0 saturated carbocycles. The number of hydrogen-bond acceptors (Lipinski definition) is 3. The van der Waals surface area contributed by atoms with Gasteiger partial charge in [0.15, 0.2) is 0 Å². The monoisotopic (exact) mass is 254 g/mol. The maximum absolute atomic E-state index is 4.34. The van der Waals surface area contributed by atoms with E-state index in [9.17, 15) is 0 Å². The zero-order valence-corrected chi connectivity index (χ0v) is 11.5. The molecule has 0 amide bonds.